The van der Waals surface area contributed by atoms with Gasteiger partial charge in [0.15, 0.2) is 0 Å². The fourth-order valence-electron chi connectivity index (χ4n) is 5.68. The lowest BCUT2D eigenvalue weighted by molar-refractivity contribution is -0.147. The number of carbonyl (C=O) groups excluding carboxylic acids is 3. The zero-order chi connectivity index (χ0) is 27.1. The lowest BCUT2D eigenvalue weighted by atomic mass is 9.82. The zero-order valence-corrected chi connectivity index (χ0v) is 23.3. The summed E-state index contributed by atoms with van der Waals surface area (Å²) in [4.78, 5) is 45.5. The molecule has 8 heteroatoms. The highest BCUT2D eigenvalue weighted by atomic mass is 16.5. The smallest absolute Gasteiger partial charge is 0.242 e. The molecule has 1 N–H and O–H groups in total. The van der Waals surface area contributed by atoms with Gasteiger partial charge in [0.25, 0.3) is 0 Å². The van der Waals surface area contributed by atoms with E-state index in [0.29, 0.717) is 45.0 Å². The summed E-state index contributed by atoms with van der Waals surface area (Å²) in [6.07, 6.45) is 7.82. The van der Waals surface area contributed by atoms with Crippen LogP contribution in [0.3, 0.4) is 0 Å². The number of piperidine rings is 1. The van der Waals surface area contributed by atoms with Crippen molar-refractivity contribution in [2.24, 2.45) is 17.3 Å². The summed E-state index contributed by atoms with van der Waals surface area (Å²) in [5.41, 5.74) is 0.274. The van der Waals surface area contributed by atoms with Crippen LogP contribution in [0.5, 0.6) is 5.75 Å². The Labute approximate surface area is 227 Å². The Hall–Kier alpha value is -2.87. The number of nitrogens with one attached hydrogen (secondary N) is 1. The number of likely N-dealkylation sites (tertiary alicyclic amines) is 1. The number of benzene rings is 1. The topological polar surface area (TPSA) is 82.2 Å². The maximum absolute atomic E-state index is 13.5. The highest BCUT2D eigenvalue weighted by molar-refractivity contribution is 5.87. The van der Waals surface area contributed by atoms with Crippen LogP contribution in [0.1, 0.15) is 52.0 Å². The molecule has 2 bridgehead atoms. The third-order valence-corrected chi connectivity index (χ3v) is 7.86. The molecule has 1 aromatic rings. The first kappa shape index (κ1) is 28.1. The monoisotopic (exact) mass is 524 g/mol. The molecule has 0 aromatic heterocycles. The molecule has 3 aliphatic rings. The molecule has 3 heterocycles. The number of fused-ring (bicyclic) bond motifs is 3. The number of hydrogen-bond acceptors (Lipinski definition) is 5. The fourth-order valence-corrected chi connectivity index (χ4v) is 5.68. The third kappa shape index (κ3) is 7.59. The fraction of sp³-hybridized carbons (Fsp3) is 0.633. The van der Waals surface area contributed by atoms with Crippen LogP contribution < -0.4 is 10.1 Å². The van der Waals surface area contributed by atoms with Gasteiger partial charge in [0.2, 0.25) is 17.7 Å². The number of nitrogens with zero attached hydrogens (tertiary/aromatic N) is 3. The van der Waals surface area contributed by atoms with E-state index in [0.717, 1.165) is 31.6 Å². The van der Waals surface area contributed by atoms with Crippen LogP contribution in [-0.2, 0) is 20.9 Å². The highest BCUT2D eigenvalue weighted by Gasteiger charge is 2.34. The molecule has 0 spiro atoms. The van der Waals surface area contributed by atoms with E-state index in [2.05, 4.69) is 16.3 Å². The summed E-state index contributed by atoms with van der Waals surface area (Å²) in [6, 6.07) is 7.69. The summed E-state index contributed by atoms with van der Waals surface area (Å²) < 4.78 is 6.09. The second kappa shape index (κ2) is 12.8. The van der Waals surface area contributed by atoms with Crippen LogP contribution in [0.2, 0.25) is 0 Å². The highest BCUT2D eigenvalue weighted by Crippen LogP contribution is 2.30. The van der Waals surface area contributed by atoms with Gasteiger partial charge in [-0.25, -0.2) is 0 Å². The van der Waals surface area contributed by atoms with Gasteiger partial charge in [-0.1, -0.05) is 51.1 Å². The molecule has 1 aromatic carbocycles. The maximum atomic E-state index is 13.5. The lowest BCUT2D eigenvalue weighted by Gasteiger charge is -2.38. The Morgan fingerprint density at radius 2 is 1.84 bits per heavy atom. The second-order valence-corrected chi connectivity index (χ2v) is 11.9. The largest absolute Gasteiger partial charge is 0.489 e. The molecular weight excluding hydrogens is 480 g/mol. The number of amides is 3. The molecule has 0 saturated carbocycles. The van der Waals surface area contributed by atoms with Gasteiger partial charge >= 0.3 is 0 Å². The number of carbonyl (C=O) groups is 3. The van der Waals surface area contributed by atoms with E-state index < -0.39 is 5.41 Å². The van der Waals surface area contributed by atoms with Crippen molar-refractivity contribution in [2.75, 3.05) is 52.4 Å². The van der Waals surface area contributed by atoms with Gasteiger partial charge in [-0.15, -0.1) is 0 Å². The summed E-state index contributed by atoms with van der Waals surface area (Å²) in [6.45, 7) is 11.4. The molecule has 2 fully saturated rings. The van der Waals surface area contributed by atoms with Gasteiger partial charge in [-0.3, -0.25) is 14.4 Å². The molecule has 4 rings (SSSR count). The molecule has 0 aliphatic carbocycles. The summed E-state index contributed by atoms with van der Waals surface area (Å²) in [5.74, 6) is 0.901. The lowest BCUT2D eigenvalue weighted by Crippen LogP contribution is -2.50. The predicted octanol–water partition coefficient (Wildman–Crippen LogP) is 3.08. The van der Waals surface area contributed by atoms with E-state index in [1.807, 2.05) is 56.0 Å². The molecule has 0 unspecified atom stereocenters. The van der Waals surface area contributed by atoms with Gasteiger partial charge in [-0.05, 0) is 50.3 Å². The van der Waals surface area contributed by atoms with Crippen molar-refractivity contribution < 1.29 is 19.1 Å². The normalized spacial score (nSPS) is 23.1. The first-order valence-corrected chi connectivity index (χ1v) is 14.1. The van der Waals surface area contributed by atoms with Gasteiger partial charge in [0.05, 0.1) is 0 Å². The summed E-state index contributed by atoms with van der Waals surface area (Å²) >= 11 is 0. The minimum absolute atomic E-state index is 0.0303. The van der Waals surface area contributed by atoms with Crippen molar-refractivity contribution in [3.8, 4) is 5.75 Å². The van der Waals surface area contributed by atoms with Crippen molar-refractivity contribution in [2.45, 2.75) is 53.0 Å². The number of para-hydroxylation sites is 1. The molecule has 3 amide bonds. The van der Waals surface area contributed by atoms with Crippen molar-refractivity contribution >= 4 is 17.7 Å². The van der Waals surface area contributed by atoms with Crippen LogP contribution in [0.4, 0.5) is 0 Å². The Morgan fingerprint density at radius 3 is 2.61 bits per heavy atom. The first-order chi connectivity index (χ1) is 18.2. The van der Waals surface area contributed by atoms with E-state index in [1.165, 1.54) is 12.8 Å². The second-order valence-electron chi connectivity index (χ2n) is 11.9. The third-order valence-electron chi connectivity index (χ3n) is 7.86. The van der Waals surface area contributed by atoms with Gasteiger partial charge < -0.3 is 24.8 Å². The standard InChI is InChI=1S/C30H44N4O4/c1-30(2,3)29(37)34-21-25-9-4-5-11-26(25)38-18-8-10-24-20-33(28(36)22-34)16-12-23(24)19-27(35)31-13-17-32-14-6-7-15-32/h4-5,8-11,23-24H,6-7,12-22H2,1-3H3,(H,31,35)/t23-,24-/m0/s1. The summed E-state index contributed by atoms with van der Waals surface area (Å²) in [7, 11) is 0. The first-order valence-electron chi connectivity index (χ1n) is 14.1. The van der Waals surface area contributed by atoms with Crippen LogP contribution in [-0.4, -0.2) is 84.8 Å². The number of hydrogen-bond donors (Lipinski definition) is 1. The SMILES string of the molecule is CC(C)(C)C(=O)N1CC(=O)N2CC[C@@H](CC(=O)NCCN3CCCC3)[C@@H](C=CCOc3ccccc3C1)C2. The molecule has 208 valence electrons. The minimum Gasteiger partial charge on any atom is -0.489 e. The van der Waals surface area contributed by atoms with Gasteiger partial charge in [-0.2, -0.15) is 0 Å². The summed E-state index contributed by atoms with van der Waals surface area (Å²) in [5, 5.41) is 3.11. The van der Waals surface area contributed by atoms with Crippen molar-refractivity contribution in [1.29, 1.82) is 0 Å². The predicted molar refractivity (Wildman–Crippen MR) is 147 cm³/mol. The molecule has 2 saturated heterocycles. The Morgan fingerprint density at radius 1 is 1.08 bits per heavy atom. The van der Waals surface area contributed by atoms with E-state index in [-0.39, 0.29) is 36.1 Å². The molecular formula is C30H44N4O4. The van der Waals surface area contributed by atoms with Crippen molar-refractivity contribution in [1.82, 2.24) is 20.0 Å². The average molecular weight is 525 g/mol. The minimum atomic E-state index is -0.608. The van der Waals surface area contributed by atoms with Crippen LogP contribution in [0.15, 0.2) is 36.4 Å². The van der Waals surface area contributed by atoms with Gasteiger partial charge in [0, 0.05) is 50.1 Å². The maximum Gasteiger partial charge on any atom is 0.242 e. The molecule has 8 nitrogen and oxygen atoms in total. The Balaban J connectivity index is 1.46. The van der Waals surface area contributed by atoms with Gasteiger partial charge in [0.1, 0.15) is 18.9 Å². The van der Waals surface area contributed by atoms with E-state index >= 15 is 0 Å². The zero-order valence-electron chi connectivity index (χ0n) is 23.3. The Bertz CT molecular complexity index is 1010. The average Bonchev–Trinajstić information content (AvgIpc) is 3.40. The van der Waals surface area contributed by atoms with Crippen molar-refractivity contribution in [3.05, 3.63) is 42.0 Å². The number of ether oxygens (including phenoxy) is 1. The van der Waals surface area contributed by atoms with Crippen molar-refractivity contribution in [3.63, 3.8) is 0 Å². The van der Waals surface area contributed by atoms with Crippen LogP contribution in [0, 0.1) is 17.3 Å². The number of rotatable bonds is 5. The van der Waals surface area contributed by atoms with Crippen LogP contribution >= 0.6 is 0 Å². The van der Waals surface area contributed by atoms with E-state index in [1.54, 1.807) is 4.90 Å². The quantitative estimate of drug-likeness (QED) is 0.599. The Kier molecular flexibility index (Phi) is 9.47. The molecule has 2 atom stereocenters. The molecule has 38 heavy (non-hydrogen) atoms. The molecule has 0 radical (unpaired) electrons. The molecule has 3 aliphatic heterocycles. The van der Waals surface area contributed by atoms with E-state index in [4.69, 9.17) is 4.74 Å². The van der Waals surface area contributed by atoms with E-state index in [9.17, 15) is 14.4 Å². The van der Waals surface area contributed by atoms with Crippen LogP contribution in [0.25, 0.3) is 0 Å².